The molecule has 0 bridgehead atoms. The molecule has 0 aromatic heterocycles. The zero-order chi connectivity index (χ0) is 16.5. The lowest BCUT2D eigenvalue weighted by molar-refractivity contribution is 0.223. The Labute approximate surface area is 161 Å². The molecular formula is C19H26IN3O. The number of nitrogens with one attached hydrogen (secondary N) is 2. The number of hydrogen-bond donors (Lipinski definition) is 2. The topological polar surface area (TPSA) is 45.7 Å². The minimum Gasteiger partial charge on any atom is -0.489 e. The van der Waals surface area contributed by atoms with Crippen molar-refractivity contribution in [3.05, 3.63) is 65.7 Å². The number of aliphatic imine (C=N–C) groups is 1. The van der Waals surface area contributed by atoms with E-state index < -0.39 is 0 Å². The van der Waals surface area contributed by atoms with Crippen LogP contribution in [0.3, 0.4) is 0 Å². The number of halogens is 1. The third-order valence-electron chi connectivity index (χ3n) is 3.41. The average molecular weight is 439 g/mol. The standard InChI is InChI=1S/C19H25N3O.HI/c1-15-8-7-11-18(12-15)23-16(2)13-21-19(20-3)22-14-17-9-5-4-6-10-17;/h4-12,16H,13-14H2,1-3H3,(H2,20,21,22);1H. The Bertz CT molecular complexity index is 632. The Hall–Kier alpha value is -1.76. The molecule has 0 saturated carbocycles. The molecule has 1 unspecified atom stereocenters. The average Bonchev–Trinajstić information content (AvgIpc) is 2.56. The smallest absolute Gasteiger partial charge is 0.191 e. The number of hydrogen-bond acceptors (Lipinski definition) is 2. The summed E-state index contributed by atoms with van der Waals surface area (Å²) >= 11 is 0. The van der Waals surface area contributed by atoms with E-state index in [2.05, 4.69) is 40.7 Å². The van der Waals surface area contributed by atoms with Crippen LogP contribution in [0.1, 0.15) is 18.1 Å². The summed E-state index contributed by atoms with van der Waals surface area (Å²) in [5.74, 6) is 1.67. The third kappa shape index (κ3) is 7.21. The summed E-state index contributed by atoms with van der Waals surface area (Å²) in [6.45, 7) is 5.53. The lowest BCUT2D eigenvalue weighted by Gasteiger charge is -2.18. The van der Waals surface area contributed by atoms with Crippen molar-refractivity contribution < 1.29 is 4.74 Å². The minimum absolute atomic E-state index is 0. The third-order valence-corrected chi connectivity index (χ3v) is 3.41. The van der Waals surface area contributed by atoms with Gasteiger partial charge in [0.2, 0.25) is 0 Å². The monoisotopic (exact) mass is 439 g/mol. The molecular weight excluding hydrogens is 413 g/mol. The second kappa shape index (κ2) is 10.9. The number of aryl methyl sites for hydroxylation is 1. The van der Waals surface area contributed by atoms with Gasteiger partial charge in [-0.15, -0.1) is 24.0 Å². The summed E-state index contributed by atoms with van der Waals surface area (Å²) in [4.78, 5) is 4.24. The van der Waals surface area contributed by atoms with Crippen LogP contribution in [0.4, 0.5) is 0 Å². The summed E-state index contributed by atoms with van der Waals surface area (Å²) in [7, 11) is 1.77. The van der Waals surface area contributed by atoms with Crippen LogP contribution in [0.5, 0.6) is 5.75 Å². The van der Waals surface area contributed by atoms with Crippen molar-refractivity contribution in [3.63, 3.8) is 0 Å². The van der Waals surface area contributed by atoms with Crippen molar-refractivity contribution in [2.24, 2.45) is 4.99 Å². The van der Waals surface area contributed by atoms with E-state index in [4.69, 9.17) is 4.74 Å². The van der Waals surface area contributed by atoms with Crippen LogP contribution in [0, 0.1) is 6.92 Å². The Morgan fingerprint density at radius 2 is 1.83 bits per heavy atom. The van der Waals surface area contributed by atoms with Gasteiger partial charge in [-0.1, -0.05) is 42.5 Å². The van der Waals surface area contributed by atoms with Crippen LogP contribution < -0.4 is 15.4 Å². The van der Waals surface area contributed by atoms with Gasteiger partial charge in [-0.05, 0) is 37.1 Å². The molecule has 1 atom stereocenters. The molecule has 0 amide bonds. The molecule has 0 saturated heterocycles. The van der Waals surface area contributed by atoms with Crippen LogP contribution in [0.25, 0.3) is 0 Å². The predicted octanol–water partition coefficient (Wildman–Crippen LogP) is 3.75. The molecule has 0 heterocycles. The van der Waals surface area contributed by atoms with Crippen LogP contribution >= 0.6 is 24.0 Å². The first-order chi connectivity index (χ1) is 11.2. The van der Waals surface area contributed by atoms with Crippen molar-refractivity contribution in [2.75, 3.05) is 13.6 Å². The van der Waals surface area contributed by atoms with Crippen LogP contribution in [0.2, 0.25) is 0 Å². The number of nitrogens with zero attached hydrogens (tertiary/aromatic N) is 1. The van der Waals surface area contributed by atoms with Gasteiger partial charge in [-0.25, -0.2) is 0 Å². The zero-order valence-corrected chi connectivity index (χ0v) is 16.8. The Balaban J connectivity index is 0.00000288. The van der Waals surface area contributed by atoms with Crippen LogP contribution in [0.15, 0.2) is 59.6 Å². The largest absolute Gasteiger partial charge is 0.489 e. The molecule has 2 rings (SSSR count). The normalized spacial score (nSPS) is 12.0. The van der Waals surface area contributed by atoms with Crippen LogP contribution in [-0.4, -0.2) is 25.7 Å². The van der Waals surface area contributed by atoms with Crippen molar-refractivity contribution in [1.29, 1.82) is 0 Å². The number of ether oxygens (including phenoxy) is 1. The quantitative estimate of drug-likeness (QED) is 0.410. The van der Waals surface area contributed by atoms with Crippen molar-refractivity contribution in [2.45, 2.75) is 26.5 Å². The Morgan fingerprint density at radius 3 is 2.50 bits per heavy atom. The molecule has 5 heteroatoms. The van der Waals surface area contributed by atoms with Gasteiger partial charge in [0.05, 0.1) is 6.54 Å². The highest BCUT2D eigenvalue weighted by atomic mass is 127. The summed E-state index contributed by atoms with van der Waals surface area (Å²) in [6, 6.07) is 18.3. The molecule has 2 aromatic rings. The first-order valence-electron chi connectivity index (χ1n) is 7.89. The van der Waals surface area contributed by atoms with E-state index in [1.165, 1.54) is 11.1 Å². The Morgan fingerprint density at radius 1 is 1.08 bits per heavy atom. The maximum absolute atomic E-state index is 5.91. The molecule has 4 nitrogen and oxygen atoms in total. The first-order valence-corrected chi connectivity index (χ1v) is 7.89. The highest BCUT2D eigenvalue weighted by molar-refractivity contribution is 14.0. The number of guanidine groups is 1. The fraction of sp³-hybridized carbons (Fsp3) is 0.316. The summed E-state index contributed by atoms with van der Waals surface area (Å²) in [5.41, 5.74) is 2.42. The van der Waals surface area contributed by atoms with Gasteiger partial charge < -0.3 is 15.4 Å². The fourth-order valence-electron chi connectivity index (χ4n) is 2.21. The molecule has 0 aliphatic rings. The molecule has 0 fully saturated rings. The van der Waals surface area contributed by atoms with E-state index in [-0.39, 0.29) is 30.1 Å². The van der Waals surface area contributed by atoms with E-state index in [9.17, 15) is 0 Å². The first kappa shape index (κ1) is 20.3. The molecule has 2 aromatic carbocycles. The van der Waals surface area contributed by atoms with Gasteiger partial charge in [-0.2, -0.15) is 0 Å². The molecule has 2 N–H and O–H groups in total. The highest BCUT2D eigenvalue weighted by Crippen LogP contribution is 2.13. The van der Waals surface area contributed by atoms with Gasteiger partial charge >= 0.3 is 0 Å². The summed E-state index contributed by atoms with van der Waals surface area (Å²) < 4.78 is 5.91. The van der Waals surface area contributed by atoms with E-state index in [0.29, 0.717) is 6.54 Å². The summed E-state index contributed by atoms with van der Waals surface area (Å²) in [6.07, 6.45) is 0.0482. The van der Waals surface area contributed by atoms with E-state index in [1.807, 2.05) is 43.3 Å². The summed E-state index contributed by atoms with van der Waals surface area (Å²) in [5, 5.41) is 6.59. The van der Waals surface area contributed by atoms with Crippen molar-refractivity contribution in [3.8, 4) is 5.75 Å². The van der Waals surface area contributed by atoms with Gasteiger partial charge in [-0.3, -0.25) is 4.99 Å². The second-order valence-corrected chi connectivity index (χ2v) is 5.54. The maximum Gasteiger partial charge on any atom is 0.191 e. The number of benzene rings is 2. The maximum atomic E-state index is 5.91. The highest BCUT2D eigenvalue weighted by Gasteiger charge is 2.06. The van der Waals surface area contributed by atoms with Gasteiger partial charge in [0.1, 0.15) is 11.9 Å². The number of rotatable bonds is 6. The molecule has 0 radical (unpaired) electrons. The van der Waals surface area contributed by atoms with Crippen molar-refractivity contribution in [1.82, 2.24) is 10.6 Å². The molecule has 0 aliphatic heterocycles. The molecule has 0 spiro atoms. The van der Waals surface area contributed by atoms with Gasteiger partial charge in [0.25, 0.3) is 0 Å². The van der Waals surface area contributed by atoms with Crippen molar-refractivity contribution >= 4 is 29.9 Å². The second-order valence-electron chi connectivity index (χ2n) is 5.54. The molecule has 24 heavy (non-hydrogen) atoms. The molecule has 130 valence electrons. The Kier molecular flexibility index (Phi) is 9.22. The lowest BCUT2D eigenvalue weighted by Crippen LogP contribution is -2.41. The lowest BCUT2D eigenvalue weighted by atomic mass is 10.2. The minimum atomic E-state index is 0. The molecule has 0 aliphatic carbocycles. The SMILES string of the molecule is CN=C(NCc1ccccc1)NCC(C)Oc1cccc(C)c1.I. The fourth-order valence-corrected chi connectivity index (χ4v) is 2.21. The van der Waals surface area contributed by atoms with Gasteiger partial charge in [0.15, 0.2) is 5.96 Å². The predicted molar refractivity (Wildman–Crippen MR) is 111 cm³/mol. The van der Waals surface area contributed by atoms with Crippen LogP contribution in [-0.2, 0) is 6.54 Å². The van der Waals surface area contributed by atoms with E-state index in [1.54, 1.807) is 7.05 Å². The van der Waals surface area contributed by atoms with E-state index in [0.717, 1.165) is 18.3 Å². The zero-order valence-electron chi connectivity index (χ0n) is 14.5. The van der Waals surface area contributed by atoms with E-state index >= 15 is 0 Å². The van der Waals surface area contributed by atoms with Gasteiger partial charge in [0, 0.05) is 13.6 Å².